The van der Waals surface area contributed by atoms with Crippen LogP contribution in [0.25, 0.3) is 10.2 Å². The number of nitrogens with zero attached hydrogens (tertiary/aromatic N) is 2. The Balaban J connectivity index is 2.24. The van der Waals surface area contributed by atoms with Crippen LogP contribution in [0.1, 0.15) is 31.7 Å². The minimum absolute atomic E-state index is 0.254. The molecule has 0 spiro atoms. The molecule has 0 aliphatic rings. The maximum absolute atomic E-state index is 5.91. The largest absolute Gasteiger partial charge is 0.383 e. The van der Waals surface area contributed by atoms with Crippen LogP contribution in [0.4, 0.5) is 11.8 Å². The van der Waals surface area contributed by atoms with Crippen molar-refractivity contribution in [3.05, 3.63) is 5.56 Å². The summed E-state index contributed by atoms with van der Waals surface area (Å²) >= 11 is 3.54. The summed E-state index contributed by atoms with van der Waals surface area (Å²) in [5.74, 6) is 1.89. The number of aromatic nitrogens is 2. The van der Waals surface area contributed by atoms with E-state index in [1.54, 1.807) is 11.3 Å². The number of nitrogens with two attached hydrogens (primary N) is 2. The van der Waals surface area contributed by atoms with Crippen LogP contribution >= 0.6 is 23.1 Å². The summed E-state index contributed by atoms with van der Waals surface area (Å²) in [5, 5.41) is 0.965. The van der Waals surface area contributed by atoms with Crippen molar-refractivity contribution in [2.45, 2.75) is 37.3 Å². The molecule has 0 atom stereocenters. The molecular formula is C12H18N4S2. The Morgan fingerprint density at radius 3 is 2.72 bits per heavy atom. The molecule has 0 amide bonds. The van der Waals surface area contributed by atoms with Gasteiger partial charge in [0.1, 0.15) is 10.6 Å². The average molecular weight is 282 g/mol. The van der Waals surface area contributed by atoms with Gasteiger partial charge in [-0.2, -0.15) is 4.98 Å². The second-order valence-electron chi connectivity index (χ2n) is 4.22. The summed E-state index contributed by atoms with van der Waals surface area (Å²) in [4.78, 5) is 9.18. The van der Waals surface area contributed by atoms with Crippen LogP contribution in [0, 0.1) is 6.92 Å². The van der Waals surface area contributed by atoms with Crippen LogP contribution in [0.15, 0.2) is 4.21 Å². The smallest absolute Gasteiger partial charge is 0.223 e. The first-order valence-corrected chi connectivity index (χ1v) is 7.88. The Labute approximate surface area is 115 Å². The third kappa shape index (κ3) is 2.70. The predicted octanol–water partition coefficient (Wildman–Crippen LogP) is 3.45. The lowest BCUT2D eigenvalue weighted by Crippen LogP contribution is -1.99. The Bertz CT molecular complexity index is 550. The van der Waals surface area contributed by atoms with Crippen molar-refractivity contribution in [1.82, 2.24) is 9.97 Å². The van der Waals surface area contributed by atoms with Crippen LogP contribution in [0.2, 0.25) is 0 Å². The van der Waals surface area contributed by atoms with Gasteiger partial charge >= 0.3 is 0 Å². The normalized spacial score (nSPS) is 11.2. The molecule has 0 saturated carbocycles. The molecule has 4 N–H and O–H groups in total. The number of thioether (sulfide) groups is 1. The number of nitrogen functional groups attached to an aromatic ring is 2. The van der Waals surface area contributed by atoms with Crippen molar-refractivity contribution in [1.29, 1.82) is 0 Å². The van der Waals surface area contributed by atoms with E-state index in [0.717, 1.165) is 16.0 Å². The van der Waals surface area contributed by atoms with Crippen molar-refractivity contribution in [3.63, 3.8) is 0 Å². The fourth-order valence-corrected chi connectivity index (χ4v) is 4.33. The standard InChI is InChI=1S/C12H18N4S2/c1-3-4-5-6-17-11-7(2)8-9(13)15-12(14)16-10(8)18-11/h3-6H2,1-2H3,(H4,13,14,15,16). The first-order valence-electron chi connectivity index (χ1n) is 6.08. The third-order valence-electron chi connectivity index (χ3n) is 2.77. The van der Waals surface area contributed by atoms with E-state index in [2.05, 4.69) is 23.8 Å². The number of aryl methyl sites for hydroxylation is 1. The molecule has 0 aliphatic heterocycles. The molecule has 18 heavy (non-hydrogen) atoms. The highest BCUT2D eigenvalue weighted by Crippen LogP contribution is 2.39. The molecule has 98 valence electrons. The summed E-state index contributed by atoms with van der Waals surface area (Å²) < 4.78 is 1.28. The zero-order valence-corrected chi connectivity index (χ0v) is 12.3. The fourth-order valence-electron chi connectivity index (χ4n) is 1.82. The molecule has 0 bridgehead atoms. The van der Waals surface area contributed by atoms with E-state index in [0.29, 0.717) is 5.82 Å². The number of rotatable bonds is 5. The third-order valence-corrected chi connectivity index (χ3v) is 5.42. The molecule has 2 aromatic rings. The Morgan fingerprint density at radius 1 is 1.22 bits per heavy atom. The van der Waals surface area contributed by atoms with Gasteiger partial charge in [-0.25, -0.2) is 4.98 Å². The lowest BCUT2D eigenvalue weighted by atomic mass is 10.2. The molecule has 0 aromatic carbocycles. The quantitative estimate of drug-likeness (QED) is 0.648. The van der Waals surface area contributed by atoms with Gasteiger partial charge in [-0.1, -0.05) is 19.8 Å². The molecule has 2 aromatic heterocycles. The van der Waals surface area contributed by atoms with E-state index in [1.165, 1.54) is 29.0 Å². The molecule has 0 unspecified atom stereocenters. The number of hydrogen-bond donors (Lipinski definition) is 2. The van der Waals surface area contributed by atoms with Gasteiger partial charge in [-0.15, -0.1) is 23.1 Å². The van der Waals surface area contributed by atoms with Gasteiger partial charge in [-0.3, -0.25) is 0 Å². The van der Waals surface area contributed by atoms with E-state index in [4.69, 9.17) is 11.5 Å². The number of fused-ring (bicyclic) bond motifs is 1. The van der Waals surface area contributed by atoms with Gasteiger partial charge in [0, 0.05) is 0 Å². The summed E-state index contributed by atoms with van der Waals surface area (Å²) in [5.41, 5.74) is 12.7. The van der Waals surface area contributed by atoms with Gasteiger partial charge in [-0.05, 0) is 24.7 Å². The molecule has 2 rings (SSSR count). The summed E-state index contributed by atoms with van der Waals surface area (Å²) in [6.07, 6.45) is 3.78. The van der Waals surface area contributed by atoms with Gasteiger partial charge in [0.25, 0.3) is 0 Å². The van der Waals surface area contributed by atoms with Crippen molar-refractivity contribution in [2.24, 2.45) is 0 Å². The van der Waals surface area contributed by atoms with Crippen LogP contribution in [-0.2, 0) is 0 Å². The second kappa shape index (κ2) is 5.75. The molecule has 6 heteroatoms. The fraction of sp³-hybridized carbons (Fsp3) is 0.500. The van der Waals surface area contributed by atoms with Crippen molar-refractivity contribution in [2.75, 3.05) is 17.2 Å². The zero-order chi connectivity index (χ0) is 13.1. The lowest BCUT2D eigenvalue weighted by Gasteiger charge is -2.00. The van der Waals surface area contributed by atoms with Gasteiger partial charge in [0.2, 0.25) is 5.95 Å². The van der Waals surface area contributed by atoms with Crippen LogP contribution in [-0.4, -0.2) is 15.7 Å². The van der Waals surface area contributed by atoms with E-state index < -0.39 is 0 Å². The van der Waals surface area contributed by atoms with Crippen molar-refractivity contribution in [3.8, 4) is 0 Å². The Hall–Kier alpha value is -1.01. The Kier molecular flexibility index (Phi) is 4.29. The monoisotopic (exact) mass is 282 g/mol. The van der Waals surface area contributed by atoms with E-state index >= 15 is 0 Å². The van der Waals surface area contributed by atoms with Crippen molar-refractivity contribution < 1.29 is 0 Å². The minimum Gasteiger partial charge on any atom is -0.383 e. The lowest BCUT2D eigenvalue weighted by molar-refractivity contribution is 0.779. The molecule has 2 heterocycles. The first kappa shape index (κ1) is 13.4. The SMILES string of the molecule is CCCCCSc1sc2nc(N)nc(N)c2c1C. The molecule has 0 radical (unpaired) electrons. The Morgan fingerprint density at radius 2 is 2.00 bits per heavy atom. The maximum atomic E-state index is 5.91. The molecule has 0 saturated heterocycles. The van der Waals surface area contributed by atoms with Crippen LogP contribution < -0.4 is 11.5 Å². The number of thiophene rings is 1. The summed E-state index contributed by atoms with van der Waals surface area (Å²) in [6, 6.07) is 0. The van der Waals surface area contributed by atoms with Gasteiger partial charge in [0.15, 0.2) is 0 Å². The van der Waals surface area contributed by atoms with Crippen LogP contribution in [0.5, 0.6) is 0 Å². The average Bonchev–Trinajstić information content (AvgIpc) is 2.61. The zero-order valence-electron chi connectivity index (χ0n) is 10.7. The van der Waals surface area contributed by atoms with Crippen LogP contribution in [0.3, 0.4) is 0 Å². The minimum atomic E-state index is 0.254. The number of anilines is 2. The van der Waals surface area contributed by atoms with E-state index in [9.17, 15) is 0 Å². The highest BCUT2D eigenvalue weighted by molar-refractivity contribution is 8.01. The topological polar surface area (TPSA) is 77.8 Å². The number of hydrogen-bond acceptors (Lipinski definition) is 6. The number of unbranched alkanes of at least 4 members (excludes halogenated alkanes) is 2. The van der Waals surface area contributed by atoms with Gasteiger partial charge in [0.05, 0.1) is 9.60 Å². The maximum Gasteiger partial charge on any atom is 0.223 e. The second-order valence-corrected chi connectivity index (χ2v) is 6.58. The highest BCUT2D eigenvalue weighted by atomic mass is 32.2. The molecular weight excluding hydrogens is 264 g/mol. The van der Waals surface area contributed by atoms with Crippen molar-refractivity contribution >= 4 is 45.1 Å². The molecule has 0 aliphatic carbocycles. The predicted molar refractivity (Wildman–Crippen MR) is 81.2 cm³/mol. The highest BCUT2D eigenvalue weighted by Gasteiger charge is 2.14. The summed E-state index contributed by atoms with van der Waals surface area (Å²) in [7, 11) is 0. The molecule has 0 fully saturated rings. The first-order chi connectivity index (χ1) is 8.63. The van der Waals surface area contributed by atoms with E-state index in [-0.39, 0.29) is 5.95 Å². The van der Waals surface area contributed by atoms with E-state index in [1.807, 2.05) is 11.8 Å². The summed E-state index contributed by atoms with van der Waals surface area (Å²) in [6.45, 7) is 4.30. The van der Waals surface area contributed by atoms with Gasteiger partial charge < -0.3 is 11.5 Å². The molecule has 4 nitrogen and oxygen atoms in total.